The third-order valence-electron chi connectivity index (χ3n) is 3.42. The zero-order chi connectivity index (χ0) is 15.3. The normalized spacial score (nSPS) is 13.5. The first kappa shape index (κ1) is 15.9. The second-order valence-corrected chi connectivity index (χ2v) is 6.16. The van der Waals surface area contributed by atoms with Gasteiger partial charge in [0.2, 0.25) is 0 Å². The zero-order valence-corrected chi connectivity index (χ0v) is 13.7. The molecule has 1 amide bonds. The Hall–Kier alpha value is -1.45. The Labute approximate surface area is 134 Å². The molecule has 0 bridgehead atoms. The summed E-state index contributed by atoms with van der Waals surface area (Å²) in [5, 5.41) is 3.04. The van der Waals surface area contributed by atoms with Gasteiger partial charge in [0.05, 0.1) is 5.54 Å². The first-order valence-electron chi connectivity index (χ1n) is 6.67. The van der Waals surface area contributed by atoms with Crippen molar-refractivity contribution in [1.29, 1.82) is 0 Å². The summed E-state index contributed by atoms with van der Waals surface area (Å²) < 4.78 is 0. The highest BCUT2D eigenvalue weighted by Gasteiger charge is 2.27. The van der Waals surface area contributed by atoms with Gasteiger partial charge >= 0.3 is 0 Å². The highest BCUT2D eigenvalue weighted by Crippen LogP contribution is 2.23. The fourth-order valence-corrected chi connectivity index (χ4v) is 2.68. The standard InChI is InChI=1S/C17H18ClNOS/c1-17(12-18,14-6-4-3-5-7-14)19-16(20)13-8-10-15(21-2)11-9-13/h3-11H,12H2,1-2H3,(H,19,20). The van der Waals surface area contributed by atoms with E-state index in [4.69, 9.17) is 11.6 Å². The van der Waals surface area contributed by atoms with E-state index >= 15 is 0 Å². The molecule has 0 aliphatic carbocycles. The van der Waals surface area contributed by atoms with Crippen LogP contribution in [0.4, 0.5) is 0 Å². The molecule has 0 saturated carbocycles. The minimum atomic E-state index is -0.585. The van der Waals surface area contributed by atoms with Crippen LogP contribution >= 0.6 is 23.4 Å². The Kier molecular flexibility index (Phi) is 5.32. The number of carbonyl (C=O) groups excluding carboxylic acids is 1. The average molecular weight is 320 g/mol. The largest absolute Gasteiger partial charge is 0.342 e. The molecule has 0 spiro atoms. The Morgan fingerprint density at radius 3 is 2.29 bits per heavy atom. The first-order valence-corrected chi connectivity index (χ1v) is 8.43. The predicted molar refractivity (Wildman–Crippen MR) is 90.2 cm³/mol. The lowest BCUT2D eigenvalue weighted by molar-refractivity contribution is 0.0913. The van der Waals surface area contributed by atoms with Crippen molar-refractivity contribution in [1.82, 2.24) is 5.32 Å². The maximum Gasteiger partial charge on any atom is 0.252 e. The lowest BCUT2D eigenvalue weighted by atomic mass is 9.93. The van der Waals surface area contributed by atoms with Gasteiger partial charge < -0.3 is 5.32 Å². The molecule has 2 aromatic rings. The van der Waals surface area contributed by atoms with Gasteiger partial charge in [-0.2, -0.15) is 0 Å². The van der Waals surface area contributed by atoms with Gasteiger partial charge in [-0.05, 0) is 43.0 Å². The van der Waals surface area contributed by atoms with E-state index in [1.54, 1.807) is 11.8 Å². The quantitative estimate of drug-likeness (QED) is 0.658. The van der Waals surface area contributed by atoms with E-state index in [1.165, 1.54) is 0 Å². The van der Waals surface area contributed by atoms with Crippen molar-refractivity contribution in [2.45, 2.75) is 17.4 Å². The number of halogens is 1. The fraction of sp³-hybridized carbons (Fsp3) is 0.235. The number of rotatable bonds is 5. The number of alkyl halides is 1. The maximum absolute atomic E-state index is 12.4. The summed E-state index contributed by atoms with van der Waals surface area (Å²) in [6, 6.07) is 17.3. The molecule has 2 aromatic carbocycles. The van der Waals surface area contributed by atoms with Gasteiger partial charge in [-0.25, -0.2) is 0 Å². The monoisotopic (exact) mass is 319 g/mol. The molecule has 0 radical (unpaired) electrons. The summed E-state index contributed by atoms with van der Waals surface area (Å²) in [4.78, 5) is 13.5. The fourth-order valence-electron chi connectivity index (χ4n) is 2.05. The summed E-state index contributed by atoms with van der Waals surface area (Å²) in [6.45, 7) is 1.93. The first-order chi connectivity index (χ1) is 10.1. The van der Waals surface area contributed by atoms with Crippen LogP contribution in [0.25, 0.3) is 0 Å². The molecule has 2 nitrogen and oxygen atoms in total. The van der Waals surface area contributed by atoms with Crippen molar-refractivity contribution in [2.75, 3.05) is 12.1 Å². The van der Waals surface area contributed by atoms with E-state index < -0.39 is 5.54 Å². The smallest absolute Gasteiger partial charge is 0.252 e. The van der Waals surface area contributed by atoms with Crippen LogP contribution in [0.15, 0.2) is 59.5 Å². The topological polar surface area (TPSA) is 29.1 Å². The molecular weight excluding hydrogens is 302 g/mol. The molecule has 0 heterocycles. The van der Waals surface area contributed by atoms with Crippen molar-refractivity contribution in [3.63, 3.8) is 0 Å². The third-order valence-corrected chi connectivity index (χ3v) is 4.70. The van der Waals surface area contributed by atoms with Crippen LogP contribution in [0, 0.1) is 0 Å². The molecular formula is C17H18ClNOS. The van der Waals surface area contributed by atoms with Crippen molar-refractivity contribution >= 4 is 29.3 Å². The number of hydrogen-bond donors (Lipinski definition) is 1. The van der Waals surface area contributed by atoms with Crippen molar-refractivity contribution in [3.8, 4) is 0 Å². The van der Waals surface area contributed by atoms with Crippen molar-refractivity contribution in [2.24, 2.45) is 0 Å². The molecule has 0 aliphatic heterocycles. The molecule has 0 saturated heterocycles. The Bertz CT molecular complexity index is 600. The SMILES string of the molecule is CSc1ccc(C(=O)NC(C)(CCl)c2ccccc2)cc1. The number of thioether (sulfide) groups is 1. The molecule has 1 atom stereocenters. The van der Waals surface area contributed by atoms with E-state index in [1.807, 2.05) is 67.8 Å². The van der Waals surface area contributed by atoms with Gasteiger partial charge in [0.1, 0.15) is 0 Å². The summed E-state index contributed by atoms with van der Waals surface area (Å²) in [6.07, 6.45) is 2.01. The van der Waals surface area contributed by atoms with Gasteiger partial charge in [0.15, 0.2) is 0 Å². The maximum atomic E-state index is 12.4. The molecule has 0 aliphatic rings. The van der Waals surface area contributed by atoms with Crippen LogP contribution in [-0.4, -0.2) is 18.0 Å². The molecule has 0 fully saturated rings. The van der Waals surface area contributed by atoms with Gasteiger partial charge in [0, 0.05) is 16.3 Å². The molecule has 2 rings (SSSR count). The summed E-state index contributed by atoms with van der Waals surface area (Å²) in [7, 11) is 0. The highest BCUT2D eigenvalue weighted by atomic mass is 35.5. The van der Waals surface area contributed by atoms with Gasteiger partial charge in [-0.15, -0.1) is 23.4 Å². The molecule has 1 N–H and O–H groups in total. The van der Waals surface area contributed by atoms with Crippen molar-refractivity contribution in [3.05, 3.63) is 65.7 Å². The Morgan fingerprint density at radius 2 is 1.76 bits per heavy atom. The zero-order valence-electron chi connectivity index (χ0n) is 12.1. The third kappa shape index (κ3) is 3.80. The summed E-state index contributed by atoms with van der Waals surface area (Å²) in [5.41, 5.74) is 1.05. The number of benzene rings is 2. The molecule has 1 unspecified atom stereocenters. The van der Waals surface area contributed by atoms with E-state index in [9.17, 15) is 4.79 Å². The molecule has 0 aromatic heterocycles. The number of amides is 1. The predicted octanol–water partition coefficient (Wildman–Crippen LogP) is 4.29. The lowest BCUT2D eigenvalue weighted by Crippen LogP contribution is -2.45. The van der Waals surface area contributed by atoms with E-state index in [0.717, 1.165) is 10.5 Å². The van der Waals surface area contributed by atoms with Gasteiger partial charge in [0.25, 0.3) is 5.91 Å². The van der Waals surface area contributed by atoms with Crippen LogP contribution in [0.1, 0.15) is 22.8 Å². The highest BCUT2D eigenvalue weighted by molar-refractivity contribution is 7.98. The summed E-state index contributed by atoms with van der Waals surface area (Å²) >= 11 is 7.76. The lowest BCUT2D eigenvalue weighted by Gasteiger charge is -2.29. The van der Waals surface area contributed by atoms with Crippen LogP contribution in [-0.2, 0) is 5.54 Å². The van der Waals surface area contributed by atoms with Crippen molar-refractivity contribution < 1.29 is 4.79 Å². The second-order valence-electron chi connectivity index (χ2n) is 5.01. The van der Waals surface area contributed by atoms with Gasteiger partial charge in [-0.3, -0.25) is 4.79 Å². The molecule has 110 valence electrons. The van der Waals surface area contributed by atoms with Crippen LogP contribution < -0.4 is 5.32 Å². The minimum Gasteiger partial charge on any atom is -0.342 e. The summed E-state index contributed by atoms with van der Waals surface area (Å²) in [5.74, 6) is 0.195. The van der Waals surface area contributed by atoms with Gasteiger partial charge in [-0.1, -0.05) is 30.3 Å². The molecule has 21 heavy (non-hydrogen) atoms. The second kappa shape index (κ2) is 7.01. The Balaban J connectivity index is 2.19. The number of nitrogens with one attached hydrogen (secondary N) is 1. The Morgan fingerprint density at radius 1 is 1.14 bits per heavy atom. The average Bonchev–Trinajstić information content (AvgIpc) is 2.55. The van der Waals surface area contributed by atoms with Crippen LogP contribution in [0.2, 0.25) is 0 Å². The van der Waals surface area contributed by atoms with E-state index in [0.29, 0.717) is 11.4 Å². The number of hydrogen-bond acceptors (Lipinski definition) is 2. The van der Waals surface area contributed by atoms with Crippen LogP contribution in [0.5, 0.6) is 0 Å². The minimum absolute atomic E-state index is 0.116. The molecule has 4 heteroatoms. The van der Waals surface area contributed by atoms with Crippen LogP contribution in [0.3, 0.4) is 0 Å². The number of carbonyl (C=O) groups is 1. The van der Waals surface area contributed by atoms with E-state index in [-0.39, 0.29) is 5.91 Å². The van der Waals surface area contributed by atoms with E-state index in [2.05, 4.69) is 5.32 Å².